The van der Waals surface area contributed by atoms with E-state index in [0.717, 1.165) is 10.0 Å². The predicted molar refractivity (Wildman–Crippen MR) is 117 cm³/mol. The van der Waals surface area contributed by atoms with Gasteiger partial charge in [0.05, 0.1) is 38.7 Å². The zero-order valence-corrected chi connectivity index (χ0v) is 19.5. The van der Waals surface area contributed by atoms with Gasteiger partial charge in [0, 0.05) is 4.47 Å². The average Bonchev–Trinajstić information content (AvgIpc) is 2.87. The molecule has 2 aromatic carbocycles. The van der Waals surface area contributed by atoms with E-state index in [0.29, 0.717) is 23.6 Å². The van der Waals surface area contributed by atoms with Crippen molar-refractivity contribution in [3.8, 4) is 0 Å². The van der Waals surface area contributed by atoms with Crippen LogP contribution in [0.1, 0.15) is 17.0 Å². The molecule has 148 valence electrons. The van der Waals surface area contributed by atoms with Crippen molar-refractivity contribution in [1.29, 1.82) is 0 Å². The highest BCUT2D eigenvalue weighted by Crippen LogP contribution is 2.33. The number of halogens is 4. The lowest BCUT2D eigenvalue weighted by molar-refractivity contribution is 0.601. The Labute approximate surface area is 186 Å². The first-order valence-electron chi connectivity index (χ1n) is 8.04. The molecule has 0 fully saturated rings. The zero-order chi connectivity index (χ0) is 20.6. The molecule has 0 aliphatic carbocycles. The molecule has 28 heavy (non-hydrogen) atoms. The van der Waals surface area contributed by atoms with Gasteiger partial charge in [-0.3, -0.25) is 9.40 Å². The second-order valence-corrected chi connectivity index (χ2v) is 9.92. The van der Waals surface area contributed by atoms with E-state index in [1.807, 2.05) is 24.3 Å². The summed E-state index contributed by atoms with van der Waals surface area (Å²) in [5.74, 6) is 0. The molecule has 0 aliphatic heterocycles. The van der Waals surface area contributed by atoms with E-state index in [1.165, 1.54) is 12.1 Å². The van der Waals surface area contributed by atoms with E-state index in [1.54, 1.807) is 18.5 Å². The summed E-state index contributed by atoms with van der Waals surface area (Å²) in [6, 6.07) is 10.4. The maximum atomic E-state index is 12.9. The van der Waals surface area contributed by atoms with Gasteiger partial charge in [0.15, 0.2) is 0 Å². The van der Waals surface area contributed by atoms with Crippen LogP contribution in [0, 0.1) is 13.8 Å². The predicted octanol–water partition coefficient (Wildman–Crippen LogP) is 6.07. The van der Waals surface area contributed by atoms with Crippen molar-refractivity contribution in [2.75, 3.05) is 4.72 Å². The Morgan fingerprint density at radius 2 is 1.64 bits per heavy atom. The Morgan fingerprint density at radius 3 is 2.29 bits per heavy atom. The molecular weight excluding hydrogens is 509 g/mol. The van der Waals surface area contributed by atoms with E-state index >= 15 is 0 Å². The first-order valence-corrected chi connectivity index (χ1v) is 11.5. The van der Waals surface area contributed by atoms with Crippen LogP contribution in [0.2, 0.25) is 15.1 Å². The fourth-order valence-corrected chi connectivity index (χ4v) is 5.10. The van der Waals surface area contributed by atoms with Crippen molar-refractivity contribution in [2.45, 2.75) is 25.3 Å². The molecule has 5 nitrogen and oxygen atoms in total. The van der Waals surface area contributed by atoms with Gasteiger partial charge in [-0.05, 0) is 43.7 Å². The third-order valence-corrected chi connectivity index (χ3v) is 7.19. The number of anilines is 1. The molecule has 3 rings (SSSR count). The van der Waals surface area contributed by atoms with Gasteiger partial charge in [-0.1, -0.05) is 62.9 Å². The molecule has 1 heterocycles. The fraction of sp³-hybridized carbons (Fsp3) is 0.167. The monoisotopic (exact) mass is 521 g/mol. The summed E-state index contributed by atoms with van der Waals surface area (Å²) in [4.78, 5) is -0.150. The Morgan fingerprint density at radius 1 is 1.04 bits per heavy atom. The molecule has 0 spiro atoms. The van der Waals surface area contributed by atoms with Crippen LogP contribution < -0.4 is 4.72 Å². The van der Waals surface area contributed by atoms with E-state index in [-0.39, 0.29) is 20.0 Å². The number of aromatic nitrogens is 2. The molecule has 0 unspecified atom stereocenters. The summed E-state index contributed by atoms with van der Waals surface area (Å²) in [5, 5.41) is 4.73. The summed E-state index contributed by atoms with van der Waals surface area (Å²) in [7, 11) is -3.98. The van der Waals surface area contributed by atoms with Crippen molar-refractivity contribution >= 4 is 66.4 Å². The van der Waals surface area contributed by atoms with Gasteiger partial charge in [-0.25, -0.2) is 8.42 Å². The number of aryl methyl sites for hydroxylation is 1. The SMILES string of the molecule is Cc1nn(Cc2ccc(Br)cc2)c(C)c1NS(=O)(=O)c1cc(Cl)c(Cl)cc1Cl. The normalized spacial score (nSPS) is 11.6. The first kappa shape index (κ1) is 21.5. The van der Waals surface area contributed by atoms with E-state index in [9.17, 15) is 8.42 Å². The molecule has 0 atom stereocenters. The smallest absolute Gasteiger partial charge is 0.263 e. The molecule has 0 amide bonds. The standard InChI is InChI=1S/C18H15BrCl3N3O2S/c1-10-18(11(2)25(23-10)9-12-3-5-13(19)6-4-12)24-28(26,27)17-8-15(21)14(20)7-16(17)22/h3-8,24H,9H2,1-2H3. The average molecular weight is 524 g/mol. The zero-order valence-electron chi connectivity index (χ0n) is 14.8. The third-order valence-electron chi connectivity index (χ3n) is 4.13. The van der Waals surface area contributed by atoms with Gasteiger partial charge in [-0.2, -0.15) is 5.10 Å². The Kier molecular flexibility index (Phi) is 6.32. The molecule has 1 N–H and O–H groups in total. The molecule has 10 heteroatoms. The van der Waals surface area contributed by atoms with Gasteiger partial charge in [0.2, 0.25) is 0 Å². The lowest BCUT2D eigenvalue weighted by Crippen LogP contribution is -2.15. The molecule has 0 saturated carbocycles. The van der Waals surface area contributed by atoms with Crippen LogP contribution in [0.25, 0.3) is 0 Å². The van der Waals surface area contributed by atoms with Crippen LogP contribution >= 0.6 is 50.7 Å². The third kappa shape index (κ3) is 4.49. The van der Waals surface area contributed by atoms with Gasteiger partial charge < -0.3 is 0 Å². The van der Waals surface area contributed by atoms with Crippen LogP contribution in [0.5, 0.6) is 0 Å². The van der Waals surface area contributed by atoms with Crippen LogP contribution in [-0.2, 0) is 16.6 Å². The highest BCUT2D eigenvalue weighted by Gasteiger charge is 2.23. The number of benzene rings is 2. The van der Waals surface area contributed by atoms with Crippen LogP contribution in [-0.4, -0.2) is 18.2 Å². The van der Waals surface area contributed by atoms with Crippen molar-refractivity contribution < 1.29 is 8.42 Å². The Balaban J connectivity index is 1.93. The van der Waals surface area contributed by atoms with Crippen molar-refractivity contribution in [3.63, 3.8) is 0 Å². The molecular formula is C18H15BrCl3N3O2S. The molecule has 3 aromatic rings. The molecule has 0 saturated heterocycles. The van der Waals surface area contributed by atoms with Crippen LogP contribution in [0.3, 0.4) is 0 Å². The highest BCUT2D eigenvalue weighted by molar-refractivity contribution is 9.10. The highest BCUT2D eigenvalue weighted by atomic mass is 79.9. The van der Waals surface area contributed by atoms with Crippen molar-refractivity contribution in [2.24, 2.45) is 0 Å². The minimum Gasteiger partial charge on any atom is -0.276 e. The molecule has 1 aromatic heterocycles. The summed E-state index contributed by atoms with van der Waals surface area (Å²) in [5.41, 5.74) is 2.67. The summed E-state index contributed by atoms with van der Waals surface area (Å²) >= 11 is 21.3. The van der Waals surface area contributed by atoms with Crippen molar-refractivity contribution in [3.05, 3.63) is 72.9 Å². The maximum absolute atomic E-state index is 12.9. The molecule has 0 bridgehead atoms. The van der Waals surface area contributed by atoms with Gasteiger partial charge in [-0.15, -0.1) is 0 Å². The van der Waals surface area contributed by atoms with Crippen LogP contribution in [0.4, 0.5) is 5.69 Å². The second-order valence-electron chi connectivity index (χ2n) is 6.13. The maximum Gasteiger partial charge on any atom is 0.263 e. The lowest BCUT2D eigenvalue weighted by atomic mass is 10.2. The summed E-state index contributed by atoms with van der Waals surface area (Å²) in [6.07, 6.45) is 0. The number of sulfonamides is 1. The molecule has 0 aliphatic rings. The van der Waals surface area contributed by atoms with Gasteiger partial charge >= 0.3 is 0 Å². The topological polar surface area (TPSA) is 64.0 Å². The van der Waals surface area contributed by atoms with E-state index in [2.05, 4.69) is 25.8 Å². The lowest BCUT2D eigenvalue weighted by Gasteiger charge is -2.11. The molecule has 0 radical (unpaired) electrons. The van der Waals surface area contributed by atoms with E-state index in [4.69, 9.17) is 34.8 Å². The number of nitrogens with one attached hydrogen (secondary N) is 1. The first-order chi connectivity index (χ1) is 13.1. The Bertz CT molecular complexity index is 1150. The van der Waals surface area contributed by atoms with Gasteiger partial charge in [0.1, 0.15) is 4.90 Å². The van der Waals surface area contributed by atoms with Crippen molar-refractivity contribution in [1.82, 2.24) is 9.78 Å². The summed E-state index contributed by atoms with van der Waals surface area (Å²) in [6.45, 7) is 4.04. The Hall–Kier alpha value is -1.25. The minimum absolute atomic E-state index is 0.0144. The second kappa shape index (κ2) is 8.24. The number of rotatable bonds is 5. The number of hydrogen-bond acceptors (Lipinski definition) is 3. The minimum atomic E-state index is -3.98. The number of hydrogen-bond donors (Lipinski definition) is 1. The fourth-order valence-electron chi connectivity index (χ4n) is 2.66. The van der Waals surface area contributed by atoms with Crippen LogP contribution in [0.15, 0.2) is 45.8 Å². The number of nitrogens with zero attached hydrogens (tertiary/aromatic N) is 2. The quantitative estimate of drug-likeness (QED) is 0.413. The van der Waals surface area contributed by atoms with Gasteiger partial charge in [0.25, 0.3) is 10.0 Å². The largest absolute Gasteiger partial charge is 0.276 e. The summed E-state index contributed by atoms with van der Waals surface area (Å²) < 4.78 is 31.0. The van der Waals surface area contributed by atoms with E-state index < -0.39 is 10.0 Å².